The number of ketones is 1. The number of hydrogen-bond donors (Lipinski definition) is 2. The minimum Gasteiger partial charge on any atom is -0.392 e. The first-order valence-electron chi connectivity index (χ1n) is 6.46. The van der Waals surface area contributed by atoms with Crippen molar-refractivity contribution in [1.82, 2.24) is 0 Å². The molecule has 0 saturated heterocycles. The van der Waals surface area contributed by atoms with E-state index in [-0.39, 0.29) is 5.78 Å². The minimum absolute atomic E-state index is 0.0897. The van der Waals surface area contributed by atoms with Gasteiger partial charge in [0.1, 0.15) is 14.8 Å². The maximum atomic E-state index is 12.6. The Labute approximate surface area is 146 Å². The van der Waals surface area contributed by atoms with E-state index in [4.69, 9.17) is 5.73 Å². The molecule has 0 unspecified atom stereocenters. The summed E-state index contributed by atoms with van der Waals surface area (Å²) in [6.45, 7) is 0. The fourth-order valence-electron chi connectivity index (χ4n) is 2.12. The second kappa shape index (κ2) is 6.24. The quantitative estimate of drug-likeness (QED) is 0.404. The van der Waals surface area contributed by atoms with E-state index in [9.17, 15) is 4.79 Å². The van der Waals surface area contributed by atoms with Gasteiger partial charge in [-0.3, -0.25) is 4.79 Å². The van der Waals surface area contributed by atoms with Crippen LogP contribution in [-0.2, 0) is 0 Å². The lowest BCUT2D eigenvalue weighted by Crippen LogP contribution is -2.30. The van der Waals surface area contributed by atoms with Crippen LogP contribution in [0.5, 0.6) is 0 Å². The van der Waals surface area contributed by atoms with E-state index >= 15 is 0 Å². The number of aromatic nitrogens is 1. The van der Waals surface area contributed by atoms with Crippen molar-refractivity contribution in [3.63, 3.8) is 0 Å². The summed E-state index contributed by atoms with van der Waals surface area (Å²) in [5.74, 6) is -0.0897. The van der Waals surface area contributed by atoms with Crippen LogP contribution in [0.4, 0.5) is 5.69 Å². The van der Waals surface area contributed by atoms with E-state index in [1.807, 2.05) is 47.3 Å². The molecule has 0 aliphatic carbocycles. The molecule has 2 heterocycles. The average Bonchev–Trinajstić information content (AvgIpc) is 2.83. The third-order valence-electron chi connectivity index (χ3n) is 3.19. The fourth-order valence-corrected chi connectivity index (χ4v) is 3.82. The number of rotatable bonds is 3. The van der Waals surface area contributed by atoms with Crippen LogP contribution >= 0.6 is 39.9 Å². The first-order chi connectivity index (χ1) is 10.6. The number of halogens is 1. The number of nitrogens with two attached hydrogens (primary N) is 1. The highest BCUT2D eigenvalue weighted by Gasteiger charge is 2.26. The molecule has 3 aromatic rings. The van der Waals surface area contributed by atoms with Gasteiger partial charge >= 0.3 is 0 Å². The first kappa shape index (κ1) is 15.3. The zero-order valence-corrected chi connectivity index (χ0v) is 14.7. The summed E-state index contributed by atoms with van der Waals surface area (Å²) in [6, 6.07) is 13.0. The second-order valence-electron chi connectivity index (χ2n) is 4.62. The molecule has 0 fully saturated rings. The summed E-state index contributed by atoms with van der Waals surface area (Å²) in [5, 5.41) is 0. The van der Waals surface area contributed by atoms with Crippen molar-refractivity contribution >= 4 is 51.4 Å². The van der Waals surface area contributed by atoms with Crippen LogP contribution in [0.3, 0.4) is 0 Å². The Morgan fingerprint density at radius 1 is 1.14 bits per heavy atom. The van der Waals surface area contributed by atoms with Gasteiger partial charge in [0, 0.05) is 22.2 Å². The van der Waals surface area contributed by atoms with Gasteiger partial charge in [-0.15, -0.1) is 24.0 Å². The Morgan fingerprint density at radius 3 is 2.41 bits per heavy atom. The number of hydrogen-bond acceptors (Lipinski definition) is 4. The summed E-state index contributed by atoms with van der Waals surface area (Å²) in [5.41, 5.74) is 8.02. The predicted molar refractivity (Wildman–Crippen MR) is 95.1 cm³/mol. The Balaban J connectivity index is 2.06. The van der Waals surface area contributed by atoms with E-state index in [2.05, 4.69) is 28.6 Å². The van der Waals surface area contributed by atoms with Crippen molar-refractivity contribution in [3.05, 3.63) is 69.8 Å². The Hall–Kier alpha value is -1.63. The molecule has 0 amide bonds. The molecule has 3 nitrogen and oxygen atoms in total. The molecule has 6 heteroatoms. The van der Waals surface area contributed by atoms with Crippen LogP contribution in [-0.4, -0.2) is 5.78 Å². The third-order valence-corrected chi connectivity index (χ3v) is 5.20. The summed E-state index contributed by atoms with van der Waals surface area (Å²) < 4.78 is 3.51. The van der Waals surface area contributed by atoms with E-state index < -0.39 is 0 Å². The number of pyridine rings is 1. The van der Waals surface area contributed by atoms with Crippen LogP contribution in [0.1, 0.15) is 15.2 Å². The zero-order valence-electron chi connectivity index (χ0n) is 11.4. The topological polar surface area (TPSA) is 47.0 Å². The molecule has 3 rings (SSSR count). The number of nitrogen functional groups attached to an aromatic ring is 1. The van der Waals surface area contributed by atoms with Crippen molar-refractivity contribution < 1.29 is 9.36 Å². The molecular formula is C16H12BrN2OS2+. The molecule has 2 N–H and O–H groups in total. The van der Waals surface area contributed by atoms with Gasteiger partial charge < -0.3 is 5.73 Å². The van der Waals surface area contributed by atoms with Gasteiger partial charge in [-0.2, -0.15) is 4.57 Å². The van der Waals surface area contributed by atoms with E-state index in [1.165, 1.54) is 11.3 Å². The van der Waals surface area contributed by atoms with Crippen molar-refractivity contribution in [2.24, 2.45) is 0 Å². The fraction of sp³-hybridized carbons (Fsp3) is 0. The molecule has 0 bridgehead atoms. The van der Waals surface area contributed by atoms with Gasteiger partial charge in [-0.1, -0.05) is 22.0 Å². The number of thiol groups is 1. The molecule has 0 aliphatic rings. The molecule has 0 saturated carbocycles. The molecule has 2 aromatic heterocycles. The van der Waals surface area contributed by atoms with E-state index in [0.29, 0.717) is 20.3 Å². The third kappa shape index (κ3) is 2.82. The van der Waals surface area contributed by atoms with Gasteiger partial charge in [-0.25, -0.2) is 0 Å². The monoisotopic (exact) mass is 391 g/mol. The summed E-state index contributed by atoms with van der Waals surface area (Å²) in [4.78, 5) is 13.2. The van der Waals surface area contributed by atoms with Crippen molar-refractivity contribution in [2.45, 2.75) is 4.21 Å². The smallest absolute Gasteiger partial charge is 0.258 e. The minimum atomic E-state index is -0.0897. The molecule has 0 atom stereocenters. The molecular weight excluding hydrogens is 380 g/mol. The van der Waals surface area contributed by atoms with Gasteiger partial charge in [0.25, 0.3) is 5.69 Å². The molecule has 110 valence electrons. The van der Waals surface area contributed by atoms with Gasteiger partial charge in [0.15, 0.2) is 12.4 Å². The lowest BCUT2D eigenvalue weighted by Gasteiger charge is -2.00. The van der Waals surface area contributed by atoms with Gasteiger partial charge in [-0.05, 0) is 24.3 Å². The van der Waals surface area contributed by atoms with E-state index in [1.54, 1.807) is 12.1 Å². The highest BCUT2D eigenvalue weighted by molar-refractivity contribution is 9.10. The van der Waals surface area contributed by atoms with E-state index in [0.717, 1.165) is 10.2 Å². The summed E-state index contributed by atoms with van der Waals surface area (Å²) in [6.07, 6.45) is 3.76. The van der Waals surface area contributed by atoms with Crippen LogP contribution in [0, 0.1) is 0 Å². The Bertz CT molecular complexity index is 829. The number of anilines is 1. The first-order valence-corrected chi connectivity index (χ1v) is 8.52. The number of thiophene rings is 1. The van der Waals surface area contributed by atoms with Crippen molar-refractivity contribution in [1.29, 1.82) is 0 Å². The lowest BCUT2D eigenvalue weighted by molar-refractivity contribution is -0.596. The molecule has 0 aliphatic heterocycles. The largest absolute Gasteiger partial charge is 0.392 e. The zero-order chi connectivity index (χ0) is 15.7. The Morgan fingerprint density at radius 2 is 1.77 bits per heavy atom. The number of benzene rings is 1. The lowest BCUT2D eigenvalue weighted by atomic mass is 10.1. The maximum Gasteiger partial charge on any atom is 0.258 e. The summed E-state index contributed by atoms with van der Waals surface area (Å²) in [7, 11) is 0. The van der Waals surface area contributed by atoms with Crippen molar-refractivity contribution in [2.75, 3.05) is 5.73 Å². The predicted octanol–water partition coefficient (Wildman–Crippen LogP) is 3.89. The van der Waals surface area contributed by atoms with Crippen molar-refractivity contribution in [3.8, 4) is 5.69 Å². The van der Waals surface area contributed by atoms with Crippen LogP contribution in [0.2, 0.25) is 0 Å². The van der Waals surface area contributed by atoms with Crippen LogP contribution in [0.15, 0.2) is 63.5 Å². The maximum absolute atomic E-state index is 12.6. The second-order valence-corrected chi connectivity index (χ2v) is 7.30. The number of nitrogens with zero attached hydrogens (tertiary/aromatic N) is 1. The number of carbonyl (C=O) groups is 1. The summed E-state index contributed by atoms with van der Waals surface area (Å²) >= 11 is 9.14. The Kier molecular flexibility index (Phi) is 4.33. The number of carbonyl (C=O) groups excluding carboxylic acids is 1. The van der Waals surface area contributed by atoms with Gasteiger partial charge in [0.05, 0.1) is 0 Å². The van der Waals surface area contributed by atoms with Gasteiger partial charge in [0.2, 0.25) is 5.78 Å². The highest BCUT2D eigenvalue weighted by atomic mass is 79.9. The normalized spacial score (nSPS) is 10.6. The molecule has 0 radical (unpaired) electrons. The molecule has 22 heavy (non-hydrogen) atoms. The highest BCUT2D eigenvalue weighted by Crippen LogP contribution is 2.35. The van der Waals surface area contributed by atoms with Crippen LogP contribution < -0.4 is 10.3 Å². The van der Waals surface area contributed by atoms with Crippen LogP contribution in [0.25, 0.3) is 5.69 Å². The SMILES string of the molecule is Nc1c(C(=O)c2ccc(Br)cc2)sc(S)c1-[n+]1ccccc1. The standard InChI is InChI=1S/C16H11BrN2OS2/c17-11-6-4-10(5-7-11)14(20)15-12(18)13(16(21)22-15)19-8-2-1-3-9-19/h1-9H,(H2-,18,20,21)/p+1. The average molecular weight is 392 g/mol. The molecule has 0 spiro atoms. The molecule has 1 aromatic carbocycles.